The second-order valence-corrected chi connectivity index (χ2v) is 7.44. The molecule has 8 heteroatoms. The highest BCUT2D eigenvalue weighted by Crippen LogP contribution is 2.26. The molecular formula is C16H12BrNO5S. The lowest BCUT2D eigenvalue weighted by molar-refractivity contribution is 0.414. The van der Waals surface area contributed by atoms with Crippen LogP contribution in [0.4, 0.5) is 5.69 Å². The van der Waals surface area contributed by atoms with E-state index in [0.29, 0.717) is 26.9 Å². The van der Waals surface area contributed by atoms with E-state index in [4.69, 9.17) is 9.15 Å². The van der Waals surface area contributed by atoms with Crippen LogP contribution < -0.4 is 15.1 Å². The van der Waals surface area contributed by atoms with Crippen molar-refractivity contribution in [3.05, 3.63) is 63.4 Å². The quantitative estimate of drug-likeness (QED) is 0.667. The molecule has 1 heterocycles. The van der Waals surface area contributed by atoms with Crippen LogP contribution in [0.1, 0.15) is 0 Å². The van der Waals surface area contributed by atoms with Crippen molar-refractivity contribution in [3.8, 4) is 5.75 Å². The van der Waals surface area contributed by atoms with Gasteiger partial charge in [0, 0.05) is 21.6 Å². The van der Waals surface area contributed by atoms with Crippen molar-refractivity contribution in [2.24, 2.45) is 0 Å². The highest BCUT2D eigenvalue weighted by Gasteiger charge is 2.15. The summed E-state index contributed by atoms with van der Waals surface area (Å²) < 4.78 is 38.0. The van der Waals surface area contributed by atoms with E-state index in [2.05, 4.69) is 20.7 Å². The predicted octanol–water partition coefficient (Wildman–Crippen LogP) is 3.36. The summed E-state index contributed by atoms with van der Waals surface area (Å²) in [5.74, 6) is 0.568. The van der Waals surface area contributed by atoms with Gasteiger partial charge in [0.15, 0.2) is 0 Å². The molecule has 0 fully saturated rings. The number of nitrogens with one attached hydrogen (secondary N) is 1. The van der Waals surface area contributed by atoms with Gasteiger partial charge < -0.3 is 9.15 Å². The Hall–Kier alpha value is -2.32. The third-order valence-corrected chi connectivity index (χ3v) is 5.37. The number of sulfonamides is 1. The van der Waals surface area contributed by atoms with Gasteiger partial charge in [-0.2, -0.15) is 0 Å². The molecule has 0 aliphatic heterocycles. The Bertz CT molecular complexity index is 1060. The van der Waals surface area contributed by atoms with Crippen molar-refractivity contribution in [2.75, 3.05) is 11.8 Å². The number of anilines is 1. The van der Waals surface area contributed by atoms with Crippen molar-refractivity contribution in [1.82, 2.24) is 0 Å². The first-order chi connectivity index (χ1) is 11.4. The molecule has 3 rings (SSSR count). The lowest BCUT2D eigenvalue weighted by Crippen LogP contribution is -2.12. The molecule has 0 aliphatic carbocycles. The van der Waals surface area contributed by atoms with E-state index >= 15 is 0 Å². The van der Waals surface area contributed by atoms with Crippen molar-refractivity contribution in [2.45, 2.75) is 4.90 Å². The normalized spacial score (nSPS) is 11.4. The van der Waals surface area contributed by atoms with Crippen LogP contribution in [-0.4, -0.2) is 15.5 Å². The maximum atomic E-state index is 12.4. The largest absolute Gasteiger partial charge is 0.497 e. The highest BCUT2D eigenvalue weighted by atomic mass is 79.9. The average molecular weight is 410 g/mol. The zero-order valence-corrected chi connectivity index (χ0v) is 14.8. The number of hydrogen-bond acceptors (Lipinski definition) is 5. The summed E-state index contributed by atoms with van der Waals surface area (Å²) in [6.45, 7) is 0. The molecule has 0 amide bonds. The summed E-state index contributed by atoms with van der Waals surface area (Å²) in [5, 5.41) is 0.588. The molecule has 3 aromatic rings. The number of hydrogen-bond donors (Lipinski definition) is 1. The van der Waals surface area contributed by atoms with Gasteiger partial charge in [0.2, 0.25) is 0 Å². The molecule has 0 saturated carbocycles. The predicted molar refractivity (Wildman–Crippen MR) is 94.0 cm³/mol. The molecule has 0 spiro atoms. The van der Waals surface area contributed by atoms with Crippen LogP contribution in [0.2, 0.25) is 0 Å². The molecular weight excluding hydrogens is 398 g/mol. The molecule has 24 heavy (non-hydrogen) atoms. The monoisotopic (exact) mass is 409 g/mol. The van der Waals surface area contributed by atoms with E-state index in [9.17, 15) is 13.2 Å². The fourth-order valence-electron chi connectivity index (χ4n) is 2.16. The van der Waals surface area contributed by atoms with Gasteiger partial charge in [0.25, 0.3) is 10.0 Å². The van der Waals surface area contributed by atoms with Crippen LogP contribution >= 0.6 is 15.9 Å². The second-order valence-electron chi connectivity index (χ2n) is 4.91. The number of methoxy groups -OCH3 is 1. The second kappa shape index (κ2) is 6.29. The summed E-state index contributed by atoms with van der Waals surface area (Å²) in [6, 6.07) is 12.0. The average Bonchev–Trinajstić information content (AvgIpc) is 2.55. The number of fused-ring (bicyclic) bond motifs is 1. The molecule has 0 unspecified atom stereocenters. The maximum Gasteiger partial charge on any atom is 0.337 e. The maximum absolute atomic E-state index is 12.4. The molecule has 6 nitrogen and oxygen atoms in total. The van der Waals surface area contributed by atoms with Gasteiger partial charge in [-0.1, -0.05) is 0 Å². The van der Waals surface area contributed by atoms with Gasteiger partial charge in [-0.3, -0.25) is 4.72 Å². The van der Waals surface area contributed by atoms with Crippen LogP contribution in [0.3, 0.4) is 0 Å². The Kier molecular flexibility index (Phi) is 4.33. The molecule has 124 valence electrons. The fraction of sp³-hybridized carbons (Fsp3) is 0.0625. The Morgan fingerprint density at radius 1 is 1.08 bits per heavy atom. The van der Waals surface area contributed by atoms with Crippen molar-refractivity contribution >= 4 is 42.6 Å². The highest BCUT2D eigenvalue weighted by molar-refractivity contribution is 9.10. The Labute approximate surface area is 146 Å². The minimum Gasteiger partial charge on any atom is -0.497 e. The van der Waals surface area contributed by atoms with E-state index in [1.54, 1.807) is 18.2 Å². The van der Waals surface area contributed by atoms with E-state index in [1.807, 2.05) is 0 Å². The summed E-state index contributed by atoms with van der Waals surface area (Å²) >= 11 is 3.27. The van der Waals surface area contributed by atoms with Crippen molar-refractivity contribution < 1.29 is 17.6 Å². The molecule has 0 saturated heterocycles. The summed E-state index contributed by atoms with van der Waals surface area (Å²) in [4.78, 5) is 11.4. The van der Waals surface area contributed by atoms with Gasteiger partial charge >= 0.3 is 5.63 Å². The van der Waals surface area contributed by atoms with Crippen LogP contribution in [0, 0.1) is 0 Å². The SMILES string of the molecule is COc1ccc(S(=O)(=O)Nc2ccc3oc(=O)cc(Br)c3c2)cc1. The van der Waals surface area contributed by atoms with Gasteiger partial charge in [-0.15, -0.1) is 0 Å². The standard InChI is InChI=1S/C16H12BrNO5S/c1-22-11-3-5-12(6-4-11)24(20,21)18-10-2-7-15-13(8-10)14(17)9-16(19)23-15/h2-9,18H,1H3. The lowest BCUT2D eigenvalue weighted by atomic mass is 10.2. The molecule has 0 radical (unpaired) electrons. The topological polar surface area (TPSA) is 85.6 Å². The minimum atomic E-state index is -3.74. The van der Waals surface area contributed by atoms with Crippen LogP contribution in [-0.2, 0) is 10.0 Å². The van der Waals surface area contributed by atoms with Gasteiger partial charge in [-0.25, -0.2) is 13.2 Å². The van der Waals surface area contributed by atoms with Gasteiger partial charge in [0.1, 0.15) is 11.3 Å². The Balaban J connectivity index is 1.97. The zero-order valence-electron chi connectivity index (χ0n) is 12.4. The molecule has 0 atom stereocenters. The molecule has 0 aliphatic rings. The minimum absolute atomic E-state index is 0.113. The van der Waals surface area contributed by atoms with Crippen LogP contribution in [0.5, 0.6) is 5.75 Å². The van der Waals surface area contributed by atoms with Gasteiger partial charge in [0.05, 0.1) is 12.0 Å². The van der Waals surface area contributed by atoms with Crippen LogP contribution in [0.25, 0.3) is 11.0 Å². The fourth-order valence-corrected chi connectivity index (χ4v) is 3.70. The number of benzene rings is 2. The first kappa shape index (κ1) is 16.5. The zero-order chi connectivity index (χ0) is 17.3. The van der Waals surface area contributed by atoms with Gasteiger partial charge in [-0.05, 0) is 58.4 Å². The molecule has 0 bridgehead atoms. The molecule has 1 N–H and O–H groups in total. The van der Waals surface area contributed by atoms with E-state index < -0.39 is 15.6 Å². The summed E-state index contributed by atoms with van der Waals surface area (Å²) in [7, 11) is -2.23. The summed E-state index contributed by atoms with van der Waals surface area (Å²) in [5.41, 5.74) is 0.232. The molecule has 1 aromatic heterocycles. The Morgan fingerprint density at radius 2 is 1.79 bits per heavy atom. The number of rotatable bonds is 4. The smallest absolute Gasteiger partial charge is 0.337 e. The first-order valence-corrected chi connectivity index (χ1v) is 9.07. The van der Waals surface area contributed by atoms with Crippen molar-refractivity contribution in [3.63, 3.8) is 0 Å². The number of ether oxygens (including phenoxy) is 1. The summed E-state index contributed by atoms with van der Waals surface area (Å²) in [6.07, 6.45) is 0. The Morgan fingerprint density at radius 3 is 2.46 bits per heavy atom. The molecule has 2 aromatic carbocycles. The third kappa shape index (κ3) is 3.29. The van der Waals surface area contributed by atoms with E-state index in [0.717, 1.165) is 0 Å². The van der Waals surface area contributed by atoms with Crippen molar-refractivity contribution in [1.29, 1.82) is 0 Å². The third-order valence-electron chi connectivity index (χ3n) is 3.31. The van der Waals surface area contributed by atoms with E-state index in [1.165, 1.54) is 37.4 Å². The first-order valence-electron chi connectivity index (χ1n) is 6.79. The lowest BCUT2D eigenvalue weighted by Gasteiger charge is -2.09. The van der Waals surface area contributed by atoms with E-state index in [-0.39, 0.29) is 4.90 Å². The van der Waals surface area contributed by atoms with Crippen LogP contribution in [0.15, 0.2) is 67.1 Å². The number of halogens is 1.